The summed E-state index contributed by atoms with van der Waals surface area (Å²) in [5, 5.41) is 6.47. The smallest absolute Gasteiger partial charge is 0.236 e. The molecule has 0 unspecified atom stereocenters. The Bertz CT molecular complexity index is 399. The van der Waals surface area contributed by atoms with Crippen molar-refractivity contribution in [3.05, 3.63) is 35.9 Å². The fraction of sp³-hybridized carbons (Fsp3) is 0.588. The summed E-state index contributed by atoms with van der Waals surface area (Å²) >= 11 is 0. The monoisotopic (exact) mass is 274 g/mol. The van der Waals surface area contributed by atoms with Crippen molar-refractivity contribution in [2.24, 2.45) is 0 Å². The van der Waals surface area contributed by atoms with Gasteiger partial charge in [0.15, 0.2) is 0 Å². The molecule has 1 aromatic rings. The number of carbonyl (C=O) groups excluding carboxylic acids is 1. The number of hydrogen-bond donors (Lipinski definition) is 2. The van der Waals surface area contributed by atoms with Gasteiger partial charge in [0.05, 0.1) is 6.04 Å². The molecule has 110 valence electrons. The van der Waals surface area contributed by atoms with Gasteiger partial charge in [-0.2, -0.15) is 0 Å². The Labute approximate surface area is 122 Å². The quantitative estimate of drug-likeness (QED) is 0.837. The van der Waals surface area contributed by atoms with E-state index in [1.54, 1.807) is 0 Å². The summed E-state index contributed by atoms with van der Waals surface area (Å²) in [6.45, 7) is 2.67. The topological polar surface area (TPSA) is 41.1 Å². The van der Waals surface area contributed by atoms with E-state index in [1.165, 1.54) is 37.7 Å². The van der Waals surface area contributed by atoms with Crippen LogP contribution in [0.1, 0.15) is 44.6 Å². The van der Waals surface area contributed by atoms with Crippen LogP contribution < -0.4 is 10.6 Å². The number of rotatable bonds is 6. The minimum Gasteiger partial charge on any atom is -0.354 e. The fourth-order valence-corrected chi connectivity index (χ4v) is 2.83. The van der Waals surface area contributed by atoms with Gasteiger partial charge < -0.3 is 10.6 Å². The van der Waals surface area contributed by atoms with E-state index in [9.17, 15) is 4.79 Å². The average Bonchev–Trinajstić information content (AvgIpc) is 2.49. The van der Waals surface area contributed by atoms with Crippen LogP contribution in [0.4, 0.5) is 0 Å². The predicted molar refractivity (Wildman–Crippen MR) is 82.6 cm³/mol. The molecule has 1 aliphatic carbocycles. The van der Waals surface area contributed by atoms with Gasteiger partial charge in [-0.15, -0.1) is 0 Å². The fourth-order valence-electron chi connectivity index (χ4n) is 2.83. The van der Waals surface area contributed by atoms with Crippen LogP contribution in [0, 0.1) is 0 Å². The normalized spacial score (nSPS) is 17.6. The van der Waals surface area contributed by atoms with Crippen LogP contribution in [0.3, 0.4) is 0 Å². The van der Waals surface area contributed by atoms with Crippen LogP contribution in [0.2, 0.25) is 0 Å². The third kappa shape index (κ3) is 4.97. The Morgan fingerprint density at radius 3 is 2.60 bits per heavy atom. The summed E-state index contributed by atoms with van der Waals surface area (Å²) in [6.07, 6.45) is 7.24. The molecule has 0 radical (unpaired) electrons. The van der Waals surface area contributed by atoms with E-state index in [-0.39, 0.29) is 11.9 Å². The molecule has 0 saturated heterocycles. The lowest BCUT2D eigenvalue weighted by atomic mass is 9.95. The maximum Gasteiger partial charge on any atom is 0.236 e. The Morgan fingerprint density at radius 1 is 1.20 bits per heavy atom. The van der Waals surface area contributed by atoms with Crippen LogP contribution >= 0.6 is 0 Å². The third-order valence-corrected chi connectivity index (χ3v) is 4.04. The molecule has 0 heterocycles. The first-order chi connectivity index (χ1) is 9.75. The van der Waals surface area contributed by atoms with E-state index in [0.29, 0.717) is 12.6 Å². The van der Waals surface area contributed by atoms with Gasteiger partial charge >= 0.3 is 0 Å². The third-order valence-electron chi connectivity index (χ3n) is 4.04. The molecule has 2 N–H and O–H groups in total. The second kappa shape index (κ2) is 8.05. The van der Waals surface area contributed by atoms with Crippen molar-refractivity contribution in [1.82, 2.24) is 10.6 Å². The summed E-state index contributed by atoms with van der Waals surface area (Å²) in [4.78, 5) is 12.0. The molecule has 1 saturated carbocycles. The molecular formula is C17H26N2O. The van der Waals surface area contributed by atoms with Crippen molar-refractivity contribution in [3.63, 3.8) is 0 Å². The van der Waals surface area contributed by atoms with Gasteiger partial charge in [0.25, 0.3) is 0 Å². The number of carbonyl (C=O) groups is 1. The zero-order valence-corrected chi connectivity index (χ0v) is 12.4. The number of hydrogen-bond acceptors (Lipinski definition) is 2. The highest BCUT2D eigenvalue weighted by Gasteiger charge is 2.19. The molecule has 2 rings (SSSR count). The molecule has 1 aliphatic rings. The summed E-state index contributed by atoms with van der Waals surface area (Å²) in [5.41, 5.74) is 1.26. The molecule has 0 aliphatic heterocycles. The molecule has 1 amide bonds. The second-order valence-corrected chi connectivity index (χ2v) is 5.75. The number of amides is 1. The molecule has 3 heteroatoms. The maximum atomic E-state index is 12.0. The Kier molecular flexibility index (Phi) is 6.06. The van der Waals surface area contributed by atoms with Crippen molar-refractivity contribution < 1.29 is 4.79 Å². The van der Waals surface area contributed by atoms with Crippen LogP contribution in [-0.4, -0.2) is 24.5 Å². The molecule has 0 bridgehead atoms. The lowest BCUT2D eigenvalue weighted by molar-refractivity contribution is -0.122. The largest absolute Gasteiger partial charge is 0.354 e. The van der Waals surface area contributed by atoms with Crippen LogP contribution in [0.25, 0.3) is 0 Å². The van der Waals surface area contributed by atoms with Crippen molar-refractivity contribution in [1.29, 1.82) is 0 Å². The van der Waals surface area contributed by atoms with E-state index >= 15 is 0 Å². The van der Waals surface area contributed by atoms with Crippen LogP contribution in [-0.2, 0) is 11.2 Å². The van der Waals surface area contributed by atoms with Gasteiger partial charge in [0.2, 0.25) is 5.91 Å². The predicted octanol–water partition coefficient (Wildman–Crippen LogP) is 2.66. The van der Waals surface area contributed by atoms with Crippen LogP contribution in [0.15, 0.2) is 30.3 Å². The van der Waals surface area contributed by atoms with Crippen molar-refractivity contribution in [2.45, 2.75) is 57.5 Å². The minimum atomic E-state index is -0.0890. The minimum absolute atomic E-state index is 0.0890. The van der Waals surface area contributed by atoms with E-state index in [4.69, 9.17) is 0 Å². The van der Waals surface area contributed by atoms with Crippen LogP contribution in [0.5, 0.6) is 0 Å². The summed E-state index contributed by atoms with van der Waals surface area (Å²) in [7, 11) is 0. The van der Waals surface area contributed by atoms with E-state index < -0.39 is 0 Å². The first-order valence-corrected chi connectivity index (χ1v) is 7.83. The van der Waals surface area contributed by atoms with Crippen molar-refractivity contribution in [2.75, 3.05) is 6.54 Å². The van der Waals surface area contributed by atoms with Gasteiger partial charge in [-0.05, 0) is 31.7 Å². The van der Waals surface area contributed by atoms with Gasteiger partial charge in [-0.25, -0.2) is 0 Å². The molecular weight excluding hydrogens is 248 g/mol. The standard InChI is InChI=1S/C17H26N2O/c1-14(19-16-10-6-3-7-11-16)17(20)18-13-12-15-8-4-2-5-9-15/h2,4-5,8-9,14,16,19H,3,6-7,10-13H2,1H3,(H,18,20)/t14-/m0/s1. The average molecular weight is 274 g/mol. The highest BCUT2D eigenvalue weighted by molar-refractivity contribution is 5.81. The Balaban J connectivity index is 1.65. The Hall–Kier alpha value is -1.35. The SMILES string of the molecule is C[C@H](NC1CCCCC1)C(=O)NCCc1ccccc1. The summed E-state index contributed by atoms with van der Waals surface area (Å²) in [5.74, 6) is 0.117. The van der Waals surface area contributed by atoms with Crippen molar-refractivity contribution >= 4 is 5.91 Å². The highest BCUT2D eigenvalue weighted by Crippen LogP contribution is 2.17. The zero-order chi connectivity index (χ0) is 14.2. The first kappa shape index (κ1) is 15.0. The number of benzene rings is 1. The molecule has 1 atom stereocenters. The zero-order valence-electron chi connectivity index (χ0n) is 12.4. The van der Waals surface area contributed by atoms with Gasteiger partial charge in [-0.1, -0.05) is 49.6 Å². The molecule has 0 spiro atoms. The second-order valence-electron chi connectivity index (χ2n) is 5.75. The molecule has 3 nitrogen and oxygen atoms in total. The lowest BCUT2D eigenvalue weighted by Crippen LogP contribution is -2.47. The number of nitrogens with one attached hydrogen (secondary N) is 2. The molecule has 1 aromatic carbocycles. The van der Waals surface area contributed by atoms with Gasteiger partial charge in [0, 0.05) is 12.6 Å². The Morgan fingerprint density at radius 2 is 1.90 bits per heavy atom. The maximum absolute atomic E-state index is 12.0. The summed E-state index contributed by atoms with van der Waals surface area (Å²) in [6, 6.07) is 10.7. The van der Waals surface area contributed by atoms with E-state index in [0.717, 1.165) is 6.42 Å². The van der Waals surface area contributed by atoms with E-state index in [2.05, 4.69) is 22.8 Å². The summed E-state index contributed by atoms with van der Waals surface area (Å²) < 4.78 is 0. The van der Waals surface area contributed by atoms with Gasteiger partial charge in [-0.3, -0.25) is 4.79 Å². The first-order valence-electron chi connectivity index (χ1n) is 7.83. The lowest BCUT2D eigenvalue weighted by Gasteiger charge is -2.26. The highest BCUT2D eigenvalue weighted by atomic mass is 16.2. The van der Waals surface area contributed by atoms with Crippen molar-refractivity contribution in [3.8, 4) is 0 Å². The molecule has 20 heavy (non-hydrogen) atoms. The molecule has 1 fully saturated rings. The van der Waals surface area contributed by atoms with Gasteiger partial charge in [0.1, 0.15) is 0 Å². The molecule has 0 aromatic heterocycles. The van der Waals surface area contributed by atoms with E-state index in [1.807, 2.05) is 25.1 Å².